The number of piperidine rings is 1. The van der Waals surface area contributed by atoms with Crippen molar-refractivity contribution in [2.75, 3.05) is 26.2 Å². The van der Waals surface area contributed by atoms with Crippen LogP contribution in [0.5, 0.6) is 0 Å². The van der Waals surface area contributed by atoms with Crippen molar-refractivity contribution in [3.05, 3.63) is 35.5 Å². The molecule has 0 radical (unpaired) electrons. The highest BCUT2D eigenvalue weighted by Crippen LogP contribution is 2.60. The van der Waals surface area contributed by atoms with Crippen molar-refractivity contribution in [3.63, 3.8) is 0 Å². The number of nitrogens with one attached hydrogen (secondary N) is 1. The van der Waals surface area contributed by atoms with Gasteiger partial charge in [0.2, 0.25) is 0 Å². The van der Waals surface area contributed by atoms with E-state index >= 15 is 0 Å². The monoisotopic (exact) mass is 542 g/mol. The standard InChI is InChI=1S/C34H58N2O3/c1-24(8-6-16-33(3,4)39)30-12-13-31-26(9-7-17-34(30,31)5)10-11-27-22-29(38)23-32(25(27)2)35-18-21-36-19-14-28(37)15-20-36/h10-11,24,28-32,35,37-39H,2,6-9,12-23H2,1,3-5H3/b26-10+,27-11-/t24-,29-,30-,31+,32+,34-/m1/s1. The van der Waals surface area contributed by atoms with Crippen molar-refractivity contribution in [1.29, 1.82) is 0 Å². The third kappa shape index (κ3) is 8.07. The van der Waals surface area contributed by atoms with E-state index in [1.165, 1.54) is 44.1 Å². The Morgan fingerprint density at radius 2 is 1.87 bits per heavy atom. The highest BCUT2D eigenvalue weighted by Gasteiger charge is 2.50. The van der Waals surface area contributed by atoms with Crippen LogP contribution in [0.25, 0.3) is 0 Å². The smallest absolute Gasteiger partial charge is 0.0598 e. The van der Waals surface area contributed by atoms with Crippen LogP contribution in [-0.2, 0) is 0 Å². The first-order valence-corrected chi connectivity index (χ1v) is 16.1. The van der Waals surface area contributed by atoms with Crippen LogP contribution in [-0.4, -0.2) is 70.2 Å². The highest BCUT2D eigenvalue weighted by atomic mass is 16.3. The minimum atomic E-state index is -0.556. The molecule has 0 amide bonds. The lowest BCUT2D eigenvalue weighted by Crippen LogP contribution is -2.44. The number of aliphatic hydroxyl groups excluding tert-OH is 2. The summed E-state index contributed by atoms with van der Waals surface area (Å²) >= 11 is 0. The van der Waals surface area contributed by atoms with Gasteiger partial charge in [0.05, 0.1) is 17.8 Å². The Bertz CT molecular complexity index is 881. The Morgan fingerprint density at radius 1 is 1.13 bits per heavy atom. The van der Waals surface area contributed by atoms with Crippen molar-refractivity contribution in [2.45, 2.75) is 129 Å². The van der Waals surface area contributed by atoms with E-state index in [0.29, 0.717) is 23.7 Å². The van der Waals surface area contributed by atoms with Crippen molar-refractivity contribution in [3.8, 4) is 0 Å². The van der Waals surface area contributed by atoms with Crippen LogP contribution < -0.4 is 5.32 Å². The first-order valence-electron chi connectivity index (χ1n) is 16.1. The zero-order valence-electron chi connectivity index (χ0n) is 25.4. The third-order valence-corrected chi connectivity index (χ3v) is 10.8. The molecule has 39 heavy (non-hydrogen) atoms. The maximum atomic E-state index is 10.7. The molecule has 4 N–H and O–H groups in total. The van der Waals surface area contributed by atoms with Gasteiger partial charge < -0.3 is 25.5 Å². The first-order chi connectivity index (χ1) is 18.5. The van der Waals surface area contributed by atoms with Gasteiger partial charge in [-0.2, -0.15) is 0 Å². The fraction of sp³-hybridized carbons (Fsp3) is 0.824. The van der Waals surface area contributed by atoms with Crippen LogP contribution in [0.2, 0.25) is 0 Å². The number of likely N-dealkylation sites (tertiary alicyclic amines) is 1. The minimum Gasteiger partial charge on any atom is -0.393 e. The molecule has 6 atom stereocenters. The van der Waals surface area contributed by atoms with Crippen LogP contribution in [0.15, 0.2) is 35.5 Å². The van der Waals surface area contributed by atoms with Crippen LogP contribution >= 0.6 is 0 Å². The van der Waals surface area contributed by atoms with Crippen molar-refractivity contribution in [2.24, 2.45) is 23.2 Å². The van der Waals surface area contributed by atoms with Gasteiger partial charge in [0.1, 0.15) is 0 Å². The summed E-state index contributed by atoms with van der Waals surface area (Å²) in [4.78, 5) is 2.42. The van der Waals surface area contributed by atoms with E-state index in [4.69, 9.17) is 0 Å². The molecule has 5 nitrogen and oxygen atoms in total. The summed E-state index contributed by atoms with van der Waals surface area (Å²) in [6.45, 7) is 17.2. The number of nitrogens with zero attached hydrogens (tertiary/aromatic N) is 1. The summed E-state index contributed by atoms with van der Waals surface area (Å²) in [5.41, 5.74) is 3.80. The number of rotatable bonds is 10. The topological polar surface area (TPSA) is 76.0 Å². The van der Waals surface area contributed by atoms with E-state index in [9.17, 15) is 15.3 Å². The summed E-state index contributed by atoms with van der Waals surface area (Å²) in [5.74, 6) is 2.14. The van der Waals surface area contributed by atoms with Gasteiger partial charge in [0, 0.05) is 32.2 Å². The molecule has 0 unspecified atom stereocenters. The zero-order chi connectivity index (χ0) is 28.2. The first kappa shape index (κ1) is 31.0. The molecule has 1 saturated heterocycles. The second kappa shape index (κ2) is 13.3. The van der Waals surface area contributed by atoms with Crippen molar-refractivity contribution < 1.29 is 15.3 Å². The van der Waals surface area contributed by atoms with Gasteiger partial charge in [-0.25, -0.2) is 0 Å². The lowest BCUT2D eigenvalue weighted by atomic mass is 9.60. The summed E-state index contributed by atoms with van der Waals surface area (Å²) in [5, 5.41) is 34.3. The normalized spacial score (nSPS) is 36.0. The van der Waals surface area contributed by atoms with Gasteiger partial charge in [-0.3, -0.25) is 0 Å². The van der Waals surface area contributed by atoms with Gasteiger partial charge in [0.25, 0.3) is 0 Å². The van der Waals surface area contributed by atoms with Crippen LogP contribution in [0.4, 0.5) is 0 Å². The summed E-state index contributed by atoms with van der Waals surface area (Å²) in [6.07, 6.45) is 17.1. The van der Waals surface area contributed by atoms with Crippen LogP contribution in [0.3, 0.4) is 0 Å². The maximum Gasteiger partial charge on any atom is 0.0598 e. The van der Waals surface area contributed by atoms with E-state index in [2.05, 4.69) is 42.8 Å². The molecular weight excluding hydrogens is 484 g/mol. The molecular formula is C34H58N2O3. The fourth-order valence-electron chi connectivity index (χ4n) is 8.51. The summed E-state index contributed by atoms with van der Waals surface area (Å²) < 4.78 is 0. The largest absolute Gasteiger partial charge is 0.393 e. The average molecular weight is 543 g/mol. The molecule has 1 heterocycles. The Labute approximate surface area is 238 Å². The predicted molar refractivity (Wildman–Crippen MR) is 162 cm³/mol. The average Bonchev–Trinajstić information content (AvgIpc) is 3.23. The van der Waals surface area contributed by atoms with E-state index in [0.717, 1.165) is 69.8 Å². The fourth-order valence-corrected chi connectivity index (χ4v) is 8.51. The van der Waals surface area contributed by atoms with Gasteiger partial charge >= 0.3 is 0 Å². The third-order valence-electron chi connectivity index (χ3n) is 10.8. The second-order valence-corrected chi connectivity index (χ2v) is 14.4. The Balaban J connectivity index is 1.35. The molecule has 5 heteroatoms. The number of aliphatic hydroxyl groups is 3. The summed E-state index contributed by atoms with van der Waals surface area (Å²) in [6, 6.07) is 0.131. The molecule has 0 aromatic rings. The number of hydrogen-bond acceptors (Lipinski definition) is 5. The molecule has 0 aromatic heterocycles. The van der Waals surface area contributed by atoms with E-state index < -0.39 is 5.60 Å². The lowest BCUT2D eigenvalue weighted by molar-refractivity contribution is 0.0596. The highest BCUT2D eigenvalue weighted by molar-refractivity contribution is 5.39. The molecule has 4 fully saturated rings. The number of fused-ring (bicyclic) bond motifs is 1. The maximum absolute atomic E-state index is 10.7. The van der Waals surface area contributed by atoms with E-state index in [1.54, 1.807) is 5.57 Å². The van der Waals surface area contributed by atoms with Crippen molar-refractivity contribution >= 4 is 0 Å². The zero-order valence-corrected chi connectivity index (χ0v) is 25.4. The van der Waals surface area contributed by atoms with Crippen LogP contribution in [0, 0.1) is 23.2 Å². The van der Waals surface area contributed by atoms with E-state index in [1.807, 2.05) is 13.8 Å². The van der Waals surface area contributed by atoms with Gasteiger partial charge in [0.15, 0.2) is 0 Å². The van der Waals surface area contributed by atoms with Gasteiger partial charge in [-0.15, -0.1) is 0 Å². The number of allylic oxidation sites excluding steroid dienone is 3. The quantitative estimate of drug-likeness (QED) is 0.282. The molecule has 1 aliphatic heterocycles. The van der Waals surface area contributed by atoms with Crippen molar-refractivity contribution in [1.82, 2.24) is 10.2 Å². The number of hydrogen-bond donors (Lipinski definition) is 4. The molecule has 4 aliphatic rings. The molecule has 0 aromatic carbocycles. The van der Waals surface area contributed by atoms with Crippen LogP contribution in [0.1, 0.15) is 105 Å². The molecule has 222 valence electrons. The Hall–Kier alpha value is -0.980. The van der Waals surface area contributed by atoms with Gasteiger partial charge in [-0.1, -0.05) is 51.0 Å². The second-order valence-electron chi connectivity index (χ2n) is 14.4. The molecule has 4 rings (SSSR count). The Kier molecular flexibility index (Phi) is 10.6. The van der Waals surface area contributed by atoms with E-state index in [-0.39, 0.29) is 18.2 Å². The minimum absolute atomic E-state index is 0.130. The molecule has 0 spiro atoms. The molecule has 0 bridgehead atoms. The predicted octanol–water partition coefficient (Wildman–Crippen LogP) is 5.76. The van der Waals surface area contributed by atoms with Gasteiger partial charge in [-0.05, 0) is 112 Å². The SMILES string of the molecule is C=C1/C(=C\C=C2/CCC[C@]3(C)[C@@H]([C@H](C)CCCC(C)(C)O)CC[C@@H]23)C[C@@H](O)C[C@@H]1NCCN1CCC(O)CC1. The lowest BCUT2D eigenvalue weighted by Gasteiger charge is -2.44. The summed E-state index contributed by atoms with van der Waals surface area (Å²) in [7, 11) is 0. The molecule has 3 saturated carbocycles. The molecule has 3 aliphatic carbocycles. The Morgan fingerprint density at radius 3 is 2.59 bits per heavy atom.